The summed E-state index contributed by atoms with van der Waals surface area (Å²) in [4.78, 5) is 4.09. The molecule has 0 spiro atoms. The molecule has 1 rings (SSSR count). The standard InChI is InChI=1S/C9H13NO2/c1-12-7-9(11)6-8-4-2-3-5-10-8/h2-5,9,11H,6-7H2,1H3/t9-/m1/s1. The zero-order chi connectivity index (χ0) is 8.81. The summed E-state index contributed by atoms with van der Waals surface area (Å²) in [5.41, 5.74) is 0.891. The van der Waals surface area contributed by atoms with Crippen LogP contribution in [-0.4, -0.2) is 29.9 Å². The molecule has 1 heterocycles. The van der Waals surface area contributed by atoms with Gasteiger partial charge >= 0.3 is 0 Å². The third-order valence-electron chi connectivity index (χ3n) is 1.53. The third kappa shape index (κ3) is 2.98. The van der Waals surface area contributed by atoms with Crippen LogP contribution in [0.2, 0.25) is 0 Å². The van der Waals surface area contributed by atoms with Crippen molar-refractivity contribution in [3.8, 4) is 0 Å². The van der Waals surface area contributed by atoms with Gasteiger partial charge in [0.25, 0.3) is 0 Å². The topological polar surface area (TPSA) is 42.4 Å². The van der Waals surface area contributed by atoms with Crippen LogP contribution in [0.1, 0.15) is 5.69 Å². The van der Waals surface area contributed by atoms with Gasteiger partial charge in [0.2, 0.25) is 0 Å². The van der Waals surface area contributed by atoms with Gasteiger partial charge in [0.1, 0.15) is 0 Å². The number of rotatable bonds is 4. The fourth-order valence-electron chi connectivity index (χ4n) is 1.01. The second-order valence-corrected chi connectivity index (χ2v) is 2.63. The van der Waals surface area contributed by atoms with Gasteiger partial charge in [-0.05, 0) is 12.1 Å². The van der Waals surface area contributed by atoms with E-state index in [1.54, 1.807) is 13.3 Å². The maximum atomic E-state index is 9.34. The highest BCUT2D eigenvalue weighted by Gasteiger charge is 2.04. The molecule has 0 aliphatic heterocycles. The van der Waals surface area contributed by atoms with E-state index < -0.39 is 6.10 Å². The fraction of sp³-hybridized carbons (Fsp3) is 0.444. The van der Waals surface area contributed by atoms with Gasteiger partial charge in [0.05, 0.1) is 12.7 Å². The third-order valence-corrected chi connectivity index (χ3v) is 1.53. The molecule has 0 saturated carbocycles. The van der Waals surface area contributed by atoms with Gasteiger partial charge in [-0.25, -0.2) is 0 Å². The van der Waals surface area contributed by atoms with Crippen molar-refractivity contribution in [1.29, 1.82) is 0 Å². The van der Waals surface area contributed by atoms with E-state index in [2.05, 4.69) is 4.98 Å². The second-order valence-electron chi connectivity index (χ2n) is 2.63. The van der Waals surface area contributed by atoms with Crippen LogP contribution in [-0.2, 0) is 11.2 Å². The number of aliphatic hydroxyl groups excluding tert-OH is 1. The Bertz CT molecular complexity index is 213. The van der Waals surface area contributed by atoms with Crippen LogP contribution in [0.4, 0.5) is 0 Å². The van der Waals surface area contributed by atoms with E-state index >= 15 is 0 Å². The summed E-state index contributed by atoms with van der Waals surface area (Å²) in [5, 5.41) is 9.34. The molecular weight excluding hydrogens is 154 g/mol. The lowest BCUT2D eigenvalue weighted by molar-refractivity contribution is 0.0644. The van der Waals surface area contributed by atoms with Gasteiger partial charge in [0, 0.05) is 25.4 Å². The Kier molecular flexibility index (Phi) is 3.70. The molecule has 0 aromatic carbocycles. The van der Waals surface area contributed by atoms with Gasteiger partial charge in [-0.2, -0.15) is 0 Å². The van der Waals surface area contributed by atoms with E-state index in [1.165, 1.54) is 0 Å². The van der Waals surface area contributed by atoms with Gasteiger partial charge in [-0.1, -0.05) is 6.07 Å². The lowest BCUT2D eigenvalue weighted by atomic mass is 10.2. The van der Waals surface area contributed by atoms with Crippen LogP contribution in [0.25, 0.3) is 0 Å². The van der Waals surface area contributed by atoms with E-state index in [9.17, 15) is 5.11 Å². The maximum absolute atomic E-state index is 9.34. The molecule has 3 nitrogen and oxygen atoms in total. The predicted octanol–water partition coefficient (Wildman–Crippen LogP) is 0.631. The van der Waals surface area contributed by atoms with Gasteiger partial charge in [-0.15, -0.1) is 0 Å². The van der Waals surface area contributed by atoms with Crippen LogP contribution in [0, 0.1) is 0 Å². The zero-order valence-electron chi connectivity index (χ0n) is 7.10. The van der Waals surface area contributed by atoms with E-state index in [0.29, 0.717) is 13.0 Å². The number of hydrogen-bond acceptors (Lipinski definition) is 3. The van der Waals surface area contributed by atoms with Crippen molar-refractivity contribution in [2.75, 3.05) is 13.7 Å². The number of pyridine rings is 1. The Balaban J connectivity index is 2.41. The molecule has 66 valence electrons. The van der Waals surface area contributed by atoms with Crippen molar-refractivity contribution in [2.24, 2.45) is 0 Å². The molecule has 0 unspecified atom stereocenters. The first-order valence-corrected chi connectivity index (χ1v) is 3.90. The summed E-state index contributed by atoms with van der Waals surface area (Å²) in [5.74, 6) is 0. The van der Waals surface area contributed by atoms with Crippen molar-refractivity contribution in [2.45, 2.75) is 12.5 Å². The molecule has 0 radical (unpaired) electrons. The highest BCUT2D eigenvalue weighted by molar-refractivity contribution is 5.04. The van der Waals surface area contributed by atoms with Crippen LogP contribution in [0.5, 0.6) is 0 Å². The predicted molar refractivity (Wildman–Crippen MR) is 45.8 cm³/mol. The highest BCUT2D eigenvalue weighted by atomic mass is 16.5. The molecule has 0 bridgehead atoms. The van der Waals surface area contributed by atoms with Crippen molar-refractivity contribution < 1.29 is 9.84 Å². The van der Waals surface area contributed by atoms with Gasteiger partial charge < -0.3 is 9.84 Å². The molecule has 0 fully saturated rings. The van der Waals surface area contributed by atoms with Crippen molar-refractivity contribution in [1.82, 2.24) is 4.98 Å². The van der Waals surface area contributed by atoms with E-state index in [1.807, 2.05) is 18.2 Å². The molecule has 1 aromatic rings. The summed E-state index contributed by atoms with van der Waals surface area (Å²) in [7, 11) is 1.57. The maximum Gasteiger partial charge on any atom is 0.0828 e. The Hall–Kier alpha value is -0.930. The Morgan fingerprint density at radius 3 is 3.00 bits per heavy atom. The molecule has 3 heteroatoms. The molecular formula is C9H13NO2. The average Bonchev–Trinajstić information content (AvgIpc) is 2.06. The quantitative estimate of drug-likeness (QED) is 0.715. The summed E-state index contributed by atoms with van der Waals surface area (Å²) in [6, 6.07) is 5.65. The van der Waals surface area contributed by atoms with Crippen molar-refractivity contribution in [3.63, 3.8) is 0 Å². The number of aliphatic hydroxyl groups is 1. The van der Waals surface area contributed by atoms with Crippen LogP contribution in [0.15, 0.2) is 24.4 Å². The minimum atomic E-state index is -0.454. The van der Waals surface area contributed by atoms with E-state index in [4.69, 9.17) is 4.74 Å². The first kappa shape index (κ1) is 9.16. The average molecular weight is 167 g/mol. The molecule has 0 aliphatic carbocycles. The zero-order valence-corrected chi connectivity index (χ0v) is 7.10. The summed E-state index contributed by atoms with van der Waals surface area (Å²) in [6.07, 6.45) is 1.81. The first-order chi connectivity index (χ1) is 5.83. The van der Waals surface area contributed by atoms with Crippen LogP contribution >= 0.6 is 0 Å². The van der Waals surface area contributed by atoms with Gasteiger partial charge in [-0.3, -0.25) is 4.98 Å². The fourth-order valence-corrected chi connectivity index (χ4v) is 1.01. The Labute approximate surface area is 72.0 Å². The number of hydrogen-bond donors (Lipinski definition) is 1. The number of aromatic nitrogens is 1. The Morgan fingerprint density at radius 1 is 1.58 bits per heavy atom. The highest BCUT2D eigenvalue weighted by Crippen LogP contribution is 1.98. The van der Waals surface area contributed by atoms with Crippen molar-refractivity contribution >= 4 is 0 Å². The number of methoxy groups -OCH3 is 1. The van der Waals surface area contributed by atoms with E-state index in [-0.39, 0.29) is 0 Å². The molecule has 1 N–H and O–H groups in total. The summed E-state index contributed by atoms with van der Waals surface area (Å²) in [6.45, 7) is 0.358. The normalized spacial score (nSPS) is 12.8. The second kappa shape index (κ2) is 4.85. The molecule has 0 amide bonds. The molecule has 0 aliphatic rings. The summed E-state index contributed by atoms with van der Waals surface area (Å²) < 4.78 is 4.80. The van der Waals surface area contributed by atoms with Gasteiger partial charge in [0.15, 0.2) is 0 Å². The SMILES string of the molecule is COC[C@H](O)Cc1ccccn1. The first-order valence-electron chi connectivity index (χ1n) is 3.90. The lowest BCUT2D eigenvalue weighted by Gasteiger charge is -2.07. The molecule has 1 atom stereocenters. The molecule has 0 saturated heterocycles. The molecule has 12 heavy (non-hydrogen) atoms. The smallest absolute Gasteiger partial charge is 0.0828 e. The lowest BCUT2D eigenvalue weighted by Crippen LogP contribution is -2.17. The molecule has 1 aromatic heterocycles. The van der Waals surface area contributed by atoms with Crippen molar-refractivity contribution in [3.05, 3.63) is 30.1 Å². The summed E-state index contributed by atoms with van der Waals surface area (Å²) >= 11 is 0. The monoisotopic (exact) mass is 167 g/mol. The minimum absolute atomic E-state index is 0.358. The Morgan fingerprint density at radius 2 is 2.42 bits per heavy atom. The number of ether oxygens (including phenoxy) is 1. The van der Waals surface area contributed by atoms with Crippen LogP contribution < -0.4 is 0 Å². The van der Waals surface area contributed by atoms with Crippen LogP contribution in [0.3, 0.4) is 0 Å². The largest absolute Gasteiger partial charge is 0.390 e. The number of nitrogens with zero attached hydrogens (tertiary/aromatic N) is 1. The van der Waals surface area contributed by atoms with E-state index in [0.717, 1.165) is 5.69 Å². The minimum Gasteiger partial charge on any atom is -0.390 e.